The van der Waals surface area contributed by atoms with E-state index < -0.39 is 6.10 Å². The fourth-order valence-corrected chi connectivity index (χ4v) is 2.52. The summed E-state index contributed by atoms with van der Waals surface area (Å²) in [6.07, 6.45) is -0.419. The SMILES string of the molecule is CC(CN1CCNCC1)C(O)c1ccc(Cl)cc1. The Morgan fingerprint density at radius 3 is 2.50 bits per heavy atom. The fraction of sp³-hybridized carbons (Fsp3) is 0.571. The molecule has 0 amide bonds. The molecule has 2 atom stereocenters. The first-order valence-electron chi connectivity index (χ1n) is 6.53. The van der Waals surface area contributed by atoms with Crippen molar-refractivity contribution in [2.24, 2.45) is 5.92 Å². The van der Waals surface area contributed by atoms with E-state index in [0.717, 1.165) is 38.3 Å². The minimum absolute atomic E-state index is 0.226. The molecule has 3 nitrogen and oxygen atoms in total. The van der Waals surface area contributed by atoms with Crippen LogP contribution in [-0.2, 0) is 0 Å². The summed E-state index contributed by atoms with van der Waals surface area (Å²) in [5, 5.41) is 14.4. The summed E-state index contributed by atoms with van der Waals surface area (Å²) in [7, 11) is 0. The standard InChI is InChI=1S/C14H21ClN2O/c1-11(10-17-8-6-16-7-9-17)14(18)12-2-4-13(15)5-3-12/h2-5,11,14,16,18H,6-10H2,1H3. The van der Waals surface area contributed by atoms with Gasteiger partial charge in [-0.2, -0.15) is 0 Å². The smallest absolute Gasteiger partial charge is 0.0827 e. The van der Waals surface area contributed by atoms with E-state index in [4.69, 9.17) is 11.6 Å². The lowest BCUT2D eigenvalue weighted by atomic mass is 9.97. The molecule has 2 rings (SSSR count). The molecule has 4 heteroatoms. The van der Waals surface area contributed by atoms with Gasteiger partial charge in [0.05, 0.1) is 6.10 Å². The van der Waals surface area contributed by atoms with Crippen LogP contribution in [-0.4, -0.2) is 42.7 Å². The summed E-state index contributed by atoms with van der Waals surface area (Å²) in [5.41, 5.74) is 0.946. The van der Waals surface area contributed by atoms with Gasteiger partial charge in [0.2, 0.25) is 0 Å². The number of aliphatic hydroxyl groups excluding tert-OH is 1. The van der Waals surface area contributed by atoms with Crippen molar-refractivity contribution in [1.29, 1.82) is 0 Å². The van der Waals surface area contributed by atoms with Crippen LogP contribution in [0.1, 0.15) is 18.6 Å². The number of halogens is 1. The Kier molecular flexibility index (Phi) is 5.01. The summed E-state index contributed by atoms with van der Waals surface area (Å²) in [6, 6.07) is 7.47. The fourth-order valence-electron chi connectivity index (χ4n) is 2.39. The molecule has 1 aromatic carbocycles. The van der Waals surface area contributed by atoms with E-state index >= 15 is 0 Å². The molecule has 18 heavy (non-hydrogen) atoms. The van der Waals surface area contributed by atoms with E-state index in [-0.39, 0.29) is 5.92 Å². The highest BCUT2D eigenvalue weighted by atomic mass is 35.5. The van der Waals surface area contributed by atoms with Gasteiger partial charge in [-0.25, -0.2) is 0 Å². The van der Waals surface area contributed by atoms with Crippen LogP contribution < -0.4 is 5.32 Å². The van der Waals surface area contributed by atoms with E-state index in [0.29, 0.717) is 5.02 Å². The molecule has 0 saturated carbocycles. The summed E-state index contributed by atoms with van der Waals surface area (Å²) >= 11 is 5.85. The van der Waals surface area contributed by atoms with Gasteiger partial charge >= 0.3 is 0 Å². The molecule has 0 aromatic heterocycles. The Hall–Kier alpha value is -0.610. The monoisotopic (exact) mass is 268 g/mol. The van der Waals surface area contributed by atoms with Gasteiger partial charge in [0.25, 0.3) is 0 Å². The van der Waals surface area contributed by atoms with Crippen molar-refractivity contribution < 1.29 is 5.11 Å². The molecule has 100 valence electrons. The number of rotatable bonds is 4. The van der Waals surface area contributed by atoms with Gasteiger partial charge in [0.1, 0.15) is 0 Å². The van der Waals surface area contributed by atoms with Crippen molar-refractivity contribution in [1.82, 2.24) is 10.2 Å². The second kappa shape index (κ2) is 6.53. The topological polar surface area (TPSA) is 35.5 Å². The number of hydrogen-bond acceptors (Lipinski definition) is 3. The molecule has 1 aromatic rings. The molecule has 2 N–H and O–H groups in total. The highest BCUT2D eigenvalue weighted by Gasteiger charge is 2.20. The normalized spacial score (nSPS) is 20.6. The van der Waals surface area contributed by atoms with Crippen molar-refractivity contribution in [3.63, 3.8) is 0 Å². The largest absolute Gasteiger partial charge is 0.388 e. The highest BCUT2D eigenvalue weighted by Crippen LogP contribution is 2.24. The molecule has 2 unspecified atom stereocenters. The number of benzene rings is 1. The van der Waals surface area contributed by atoms with Gasteiger partial charge < -0.3 is 15.3 Å². The minimum Gasteiger partial charge on any atom is -0.388 e. The third-order valence-electron chi connectivity index (χ3n) is 3.51. The first-order valence-corrected chi connectivity index (χ1v) is 6.91. The second-order valence-electron chi connectivity index (χ2n) is 5.02. The summed E-state index contributed by atoms with van der Waals surface area (Å²) in [5.74, 6) is 0.226. The number of nitrogens with one attached hydrogen (secondary N) is 1. The maximum Gasteiger partial charge on any atom is 0.0827 e. The summed E-state index contributed by atoms with van der Waals surface area (Å²) < 4.78 is 0. The lowest BCUT2D eigenvalue weighted by Crippen LogP contribution is -2.45. The lowest BCUT2D eigenvalue weighted by Gasteiger charge is -2.31. The maximum absolute atomic E-state index is 10.3. The Labute approximate surface area is 114 Å². The van der Waals surface area contributed by atoms with Crippen molar-refractivity contribution in [2.45, 2.75) is 13.0 Å². The van der Waals surface area contributed by atoms with E-state index in [2.05, 4.69) is 17.1 Å². The summed E-state index contributed by atoms with van der Waals surface area (Å²) in [6.45, 7) is 7.26. The Balaban J connectivity index is 1.91. The number of piperazine rings is 1. The summed E-state index contributed by atoms with van der Waals surface area (Å²) in [4.78, 5) is 2.40. The minimum atomic E-state index is -0.419. The molecule has 1 heterocycles. The van der Waals surface area contributed by atoms with Gasteiger partial charge in [-0.15, -0.1) is 0 Å². The van der Waals surface area contributed by atoms with Crippen LogP contribution in [0.2, 0.25) is 5.02 Å². The Morgan fingerprint density at radius 1 is 1.28 bits per heavy atom. The molecule has 0 spiro atoms. The molecule has 1 saturated heterocycles. The predicted octanol–water partition coefficient (Wildman–Crippen LogP) is 1.91. The van der Waals surface area contributed by atoms with Crippen LogP contribution >= 0.6 is 11.6 Å². The molecule has 1 aliphatic heterocycles. The molecule has 1 aliphatic rings. The van der Waals surface area contributed by atoms with Crippen LogP contribution in [0.5, 0.6) is 0 Å². The van der Waals surface area contributed by atoms with Crippen molar-refractivity contribution >= 4 is 11.6 Å². The molecular weight excluding hydrogens is 248 g/mol. The number of hydrogen-bond donors (Lipinski definition) is 2. The van der Waals surface area contributed by atoms with Crippen molar-refractivity contribution in [3.05, 3.63) is 34.9 Å². The third kappa shape index (κ3) is 3.69. The first kappa shape index (κ1) is 13.8. The second-order valence-corrected chi connectivity index (χ2v) is 5.46. The van der Waals surface area contributed by atoms with E-state index in [1.54, 1.807) is 0 Å². The number of aliphatic hydroxyl groups is 1. The van der Waals surface area contributed by atoms with Crippen molar-refractivity contribution in [3.8, 4) is 0 Å². The Morgan fingerprint density at radius 2 is 1.89 bits per heavy atom. The average Bonchev–Trinajstić information content (AvgIpc) is 2.40. The zero-order valence-electron chi connectivity index (χ0n) is 10.8. The van der Waals surface area contributed by atoms with Crippen molar-refractivity contribution in [2.75, 3.05) is 32.7 Å². The van der Waals surface area contributed by atoms with Crippen LogP contribution in [0.25, 0.3) is 0 Å². The van der Waals surface area contributed by atoms with E-state index in [9.17, 15) is 5.11 Å². The van der Waals surface area contributed by atoms with Crippen LogP contribution in [0.15, 0.2) is 24.3 Å². The van der Waals surface area contributed by atoms with Gasteiger partial charge in [0.15, 0.2) is 0 Å². The zero-order valence-corrected chi connectivity index (χ0v) is 11.5. The molecule has 1 fully saturated rings. The van der Waals surface area contributed by atoms with Gasteiger partial charge in [0, 0.05) is 37.7 Å². The van der Waals surface area contributed by atoms with E-state index in [1.165, 1.54) is 0 Å². The molecule has 0 bridgehead atoms. The predicted molar refractivity (Wildman–Crippen MR) is 74.9 cm³/mol. The highest BCUT2D eigenvalue weighted by molar-refractivity contribution is 6.30. The first-order chi connectivity index (χ1) is 8.66. The lowest BCUT2D eigenvalue weighted by molar-refractivity contribution is 0.0842. The number of nitrogens with zero attached hydrogens (tertiary/aromatic N) is 1. The molecule has 0 aliphatic carbocycles. The van der Waals surface area contributed by atoms with Crippen LogP contribution in [0.4, 0.5) is 0 Å². The molecule has 0 radical (unpaired) electrons. The molecular formula is C14H21ClN2O. The van der Waals surface area contributed by atoms with Gasteiger partial charge in [-0.1, -0.05) is 30.7 Å². The Bertz CT molecular complexity index is 363. The van der Waals surface area contributed by atoms with Gasteiger partial charge in [-0.05, 0) is 23.6 Å². The van der Waals surface area contributed by atoms with E-state index in [1.807, 2.05) is 24.3 Å². The quantitative estimate of drug-likeness (QED) is 0.876. The van der Waals surface area contributed by atoms with Gasteiger partial charge in [-0.3, -0.25) is 0 Å². The average molecular weight is 269 g/mol. The maximum atomic E-state index is 10.3. The van der Waals surface area contributed by atoms with Crippen LogP contribution in [0.3, 0.4) is 0 Å². The zero-order chi connectivity index (χ0) is 13.0. The third-order valence-corrected chi connectivity index (χ3v) is 3.76. The van der Waals surface area contributed by atoms with Crippen LogP contribution in [0, 0.1) is 5.92 Å².